The summed E-state index contributed by atoms with van der Waals surface area (Å²) < 4.78 is 0. The molecule has 1 saturated carbocycles. The number of carbonyl (C=O) groups is 1. The fourth-order valence-electron chi connectivity index (χ4n) is 1.71. The summed E-state index contributed by atoms with van der Waals surface area (Å²) in [5.74, 6) is 1.03. The van der Waals surface area contributed by atoms with Gasteiger partial charge in [-0.25, -0.2) is 0 Å². The van der Waals surface area contributed by atoms with E-state index in [0.29, 0.717) is 11.7 Å². The summed E-state index contributed by atoms with van der Waals surface area (Å²) in [6, 6.07) is 4.08. The van der Waals surface area contributed by atoms with E-state index in [1.807, 2.05) is 19.2 Å². The van der Waals surface area contributed by atoms with E-state index in [0.717, 1.165) is 12.1 Å². The lowest BCUT2D eigenvalue weighted by Crippen LogP contribution is -1.95. The lowest BCUT2D eigenvalue weighted by molar-refractivity contribution is -0.118. The number of hydrogen-bond donors (Lipinski definition) is 0. The molecule has 0 N–H and O–H groups in total. The van der Waals surface area contributed by atoms with Gasteiger partial charge in [-0.1, -0.05) is 6.07 Å². The summed E-state index contributed by atoms with van der Waals surface area (Å²) in [6.45, 7) is 3.64. The Morgan fingerprint density at radius 2 is 2.31 bits per heavy atom. The minimum Gasteiger partial charge on any atom is -0.300 e. The number of nitrogens with zero attached hydrogens (tertiary/aromatic N) is 1. The summed E-state index contributed by atoms with van der Waals surface area (Å²) in [5, 5.41) is 0. The Morgan fingerprint density at radius 3 is 2.77 bits per heavy atom. The van der Waals surface area contributed by atoms with Gasteiger partial charge >= 0.3 is 0 Å². The molecule has 68 valence electrons. The summed E-state index contributed by atoms with van der Waals surface area (Å²) >= 11 is 0. The predicted molar refractivity (Wildman–Crippen MR) is 50.5 cm³/mol. The van der Waals surface area contributed by atoms with E-state index in [1.54, 1.807) is 6.92 Å². The van der Waals surface area contributed by atoms with Crippen molar-refractivity contribution in [1.82, 2.24) is 4.98 Å². The van der Waals surface area contributed by atoms with Crippen LogP contribution in [0.15, 0.2) is 18.3 Å². The Bertz CT molecular complexity index is 328. The summed E-state index contributed by atoms with van der Waals surface area (Å²) in [5.41, 5.74) is 2.24. The largest absolute Gasteiger partial charge is 0.300 e. The highest BCUT2D eigenvalue weighted by Crippen LogP contribution is 2.47. The van der Waals surface area contributed by atoms with E-state index in [1.165, 1.54) is 5.56 Å². The highest BCUT2D eigenvalue weighted by molar-refractivity contribution is 5.82. The van der Waals surface area contributed by atoms with Crippen LogP contribution in [-0.2, 0) is 4.79 Å². The van der Waals surface area contributed by atoms with E-state index in [-0.39, 0.29) is 5.92 Å². The second-order valence-corrected chi connectivity index (χ2v) is 3.79. The van der Waals surface area contributed by atoms with Crippen molar-refractivity contribution in [3.63, 3.8) is 0 Å². The van der Waals surface area contributed by atoms with Crippen molar-refractivity contribution in [2.45, 2.75) is 26.2 Å². The van der Waals surface area contributed by atoms with Gasteiger partial charge in [0.2, 0.25) is 0 Å². The molecule has 0 spiro atoms. The van der Waals surface area contributed by atoms with Crippen molar-refractivity contribution in [2.24, 2.45) is 5.92 Å². The van der Waals surface area contributed by atoms with Crippen LogP contribution in [0.4, 0.5) is 0 Å². The van der Waals surface area contributed by atoms with Gasteiger partial charge in [0.25, 0.3) is 0 Å². The minimum atomic E-state index is 0.268. The van der Waals surface area contributed by atoms with Crippen molar-refractivity contribution in [3.05, 3.63) is 29.6 Å². The predicted octanol–water partition coefficient (Wildman–Crippen LogP) is 2.08. The van der Waals surface area contributed by atoms with Crippen LogP contribution in [0.25, 0.3) is 0 Å². The van der Waals surface area contributed by atoms with Crippen LogP contribution in [0.2, 0.25) is 0 Å². The van der Waals surface area contributed by atoms with E-state index >= 15 is 0 Å². The number of Topliss-reactive ketones (excluding diaryl/α,β-unsaturated/α-hetero) is 1. The fourth-order valence-corrected chi connectivity index (χ4v) is 1.71. The number of carbonyl (C=O) groups excluding carboxylic acids is 1. The van der Waals surface area contributed by atoms with Crippen LogP contribution in [0, 0.1) is 12.8 Å². The molecule has 0 radical (unpaired) electrons. The molecule has 1 aliphatic carbocycles. The number of pyridine rings is 1. The molecule has 1 aromatic heterocycles. The van der Waals surface area contributed by atoms with Gasteiger partial charge in [-0.05, 0) is 37.8 Å². The third kappa shape index (κ3) is 1.62. The molecule has 2 atom stereocenters. The SMILES string of the molecule is CC(=O)[C@H]1C[C@H]1c1ccc(C)nc1. The molecule has 0 bridgehead atoms. The molecule has 1 fully saturated rings. The van der Waals surface area contributed by atoms with Crippen molar-refractivity contribution < 1.29 is 4.79 Å². The average Bonchev–Trinajstić information content (AvgIpc) is 2.85. The maximum Gasteiger partial charge on any atom is 0.133 e. The van der Waals surface area contributed by atoms with Gasteiger partial charge in [-0.3, -0.25) is 9.78 Å². The smallest absolute Gasteiger partial charge is 0.133 e. The van der Waals surface area contributed by atoms with Crippen LogP contribution >= 0.6 is 0 Å². The minimum absolute atomic E-state index is 0.268. The van der Waals surface area contributed by atoms with Crippen LogP contribution in [0.1, 0.15) is 30.5 Å². The molecule has 2 rings (SSSR count). The van der Waals surface area contributed by atoms with E-state index in [9.17, 15) is 4.79 Å². The molecular formula is C11H13NO. The first-order valence-electron chi connectivity index (χ1n) is 4.61. The first-order valence-corrected chi connectivity index (χ1v) is 4.61. The van der Waals surface area contributed by atoms with Crippen molar-refractivity contribution >= 4 is 5.78 Å². The van der Waals surface area contributed by atoms with Gasteiger partial charge < -0.3 is 0 Å². The Morgan fingerprint density at radius 1 is 1.54 bits per heavy atom. The van der Waals surface area contributed by atoms with Gasteiger partial charge in [0.05, 0.1) is 0 Å². The topological polar surface area (TPSA) is 30.0 Å². The molecule has 0 saturated heterocycles. The normalized spacial score (nSPS) is 25.7. The highest BCUT2D eigenvalue weighted by Gasteiger charge is 2.41. The van der Waals surface area contributed by atoms with Gasteiger partial charge in [0.1, 0.15) is 5.78 Å². The molecule has 1 heterocycles. The van der Waals surface area contributed by atoms with Gasteiger partial charge in [-0.15, -0.1) is 0 Å². The van der Waals surface area contributed by atoms with Gasteiger partial charge in [0.15, 0.2) is 0 Å². The van der Waals surface area contributed by atoms with E-state index < -0.39 is 0 Å². The number of aromatic nitrogens is 1. The van der Waals surface area contributed by atoms with Gasteiger partial charge in [0, 0.05) is 17.8 Å². The maximum atomic E-state index is 11.0. The van der Waals surface area contributed by atoms with E-state index in [2.05, 4.69) is 11.1 Å². The molecule has 2 heteroatoms. The zero-order valence-electron chi connectivity index (χ0n) is 7.95. The molecule has 2 nitrogen and oxygen atoms in total. The van der Waals surface area contributed by atoms with Gasteiger partial charge in [-0.2, -0.15) is 0 Å². The van der Waals surface area contributed by atoms with Crippen LogP contribution in [-0.4, -0.2) is 10.8 Å². The quantitative estimate of drug-likeness (QED) is 0.688. The Labute approximate surface area is 78.0 Å². The second-order valence-electron chi connectivity index (χ2n) is 3.79. The van der Waals surface area contributed by atoms with Crippen LogP contribution in [0.3, 0.4) is 0 Å². The summed E-state index contributed by atoms with van der Waals surface area (Å²) in [6.07, 6.45) is 2.91. The molecule has 13 heavy (non-hydrogen) atoms. The molecule has 0 amide bonds. The number of aryl methyl sites for hydroxylation is 1. The number of ketones is 1. The highest BCUT2D eigenvalue weighted by atomic mass is 16.1. The maximum absolute atomic E-state index is 11.0. The zero-order chi connectivity index (χ0) is 9.42. The molecule has 1 aliphatic rings. The van der Waals surface area contributed by atoms with Crippen LogP contribution in [0.5, 0.6) is 0 Å². The van der Waals surface area contributed by atoms with Crippen molar-refractivity contribution in [2.75, 3.05) is 0 Å². The number of hydrogen-bond acceptors (Lipinski definition) is 2. The number of rotatable bonds is 2. The summed E-state index contributed by atoms with van der Waals surface area (Å²) in [4.78, 5) is 15.3. The third-order valence-corrected chi connectivity index (χ3v) is 2.67. The van der Waals surface area contributed by atoms with E-state index in [4.69, 9.17) is 0 Å². The molecule has 0 aliphatic heterocycles. The first kappa shape index (κ1) is 8.42. The third-order valence-electron chi connectivity index (χ3n) is 2.67. The molecular weight excluding hydrogens is 162 g/mol. The fraction of sp³-hybridized carbons (Fsp3) is 0.455. The summed E-state index contributed by atoms with van der Waals surface area (Å²) in [7, 11) is 0. The standard InChI is InChI=1S/C11H13NO/c1-7-3-4-9(6-12-7)11-5-10(11)8(2)13/h3-4,6,10-11H,5H2,1-2H3/t10-,11+/m1/s1. The molecule has 1 aromatic rings. The monoisotopic (exact) mass is 175 g/mol. The first-order chi connectivity index (χ1) is 6.18. The Hall–Kier alpha value is -1.18. The Balaban J connectivity index is 2.12. The second kappa shape index (κ2) is 2.95. The lowest BCUT2D eigenvalue weighted by atomic mass is 10.1. The Kier molecular flexibility index (Phi) is 1.91. The van der Waals surface area contributed by atoms with Crippen LogP contribution < -0.4 is 0 Å². The van der Waals surface area contributed by atoms with Crippen molar-refractivity contribution in [3.8, 4) is 0 Å². The zero-order valence-corrected chi connectivity index (χ0v) is 7.95. The molecule has 0 aromatic carbocycles. The lowest BCUT2D eigenvalue weighted by Gasteiger charge is -1.98. The van der Waals surface area contributed by atoms with Crippen molar-refractivity contribution in [1.29, 1.82) is 0 Å². The average molecular weight is 175 g/mol. The molecule has 0 unspecified atom stereocenters.